The van der Waals surface area contributed by atoms with E-state index < -0.39 is 11.9 Å². The number of aromatic nitrogens is 3. The molecule has 3 aromatic rings. The summed E-state index contributed by atoms with van der Waals surface area (Å²) in [5.41, 5.74) is 3.62. The van der Waals surface area contributed by atoms with Crippen LogP contribution in [0.2, 0.25) is 0 Å². The summed E-state index contributed by atoms with van der Waals surface area (Å²) in [5.74, 6) is -0.910. The van der Waals surface area contributed by atoms with Gasteiger partial charge in [0, 0.05) is 6.20 Å². The molecule has 7 nitrogen and oxygen atoms in total. The molecule has 0 radical (unpaired) electrons. The van der Waals surface area contributed by atoms with Gasteiger partial charge < -0.3 is 4.84 Å². The number of nitriles is 1. The molecule has 0 saturated heterocycles. The van der Waals surface area contributed by atoms with Crippen LogP contribution >= 0.6 is 11.3 Å². The maximum Gasteiger partial charge on any atom is 0.332 e. The van der Waals surface area contributed by atoms with Crippen molar-refractivity contribution in [1.29, 1.82) is 5.26 Å². The molecule has 138 valence electrons. The van der Waals surface area contributed by atoms with Gasteiger partial charge in [0.1, 0.15) is 10.9 Å². The molecule has 0 amide bonds. The second-order valence-corrected chi connectivity index (χ2v) is 8.26. The van der Waals surface area contributed by atoms with Crippen molar-refractivity contribution in [2.75, 3.05) is 5.48 Å². The quantitative estimate of drug-likeness (QED) is 0.665. The molecular formula is C19H19N5O2S. The van der Waals surface area contributed by atoms with Gasteiger partial charge in [0.2, 0.25) is 0 Å². The number of para-hydroxylation sites is 1. The molecule has 0 fully saturated rings. The van der Waals surface area contributed by atoms with Crippen LogP contribution in [0.4, 0.5) is 5.95 Å². The first-order valence-electron chi connectivity index (χ1n) is 8.39. The van der Waals surface area contributed by atoms with Gasteiger partial charge in [-0.25, -0.2) is 19.7 Å². The molecule has 0 bridgehead atoms. The van der Waals surface area contributed by atoms with Gasteiger partial charge in [-0.15, -0.1) is 11.3 Å². The number of anilines is 1. The molecule has 2 heterocycles. The normalized spacial score (nSPS) is 12.4. The van der Waals surface area contributed by atoms with E-state index in [9.17, 15) is 10.1 Å². The molecule has 27 heavy (non-hydrogen) atoms. The molecule has 0 aliphatic heterocycles. The van der Waals surface area contributed by atoms with Gasteiger partial charge in [-0.1, -0.05) is 32.9 Å². The van der Waals surface area contributed by atoms with Gasteiger partial charge in [-0.05, 0) is 23.6 Å². The van der Waals surface area contributed by atoms with Crippen molar-refractivity contribution >= 4 is 33.5 Å². The van der Waals surface area contributed by atoms with Gasteiger partial charge in [-0.2, -0.15) is 10.7 Å². The smallest absolute Gasteiger partial charge is 0.332 e. The van der Waals surface area contributed by atoms with Crippen molar-refractivity contribution in [3.8, 4) is 6.07 Å². The highest BCUT2D eigenvalue weighted by Crippen LogP contribution is 2.30. The summed E-state index contributed by atoms with van der Waals surface area (Å²) in [5, 5.41) is 10.3. The van der Waals surface area contributed by atoms with E-state index in [1.807, 2.05) is 45.0 Å². The third-order valence-corrected chi connectivity index (χ3v) is 4.69. The Morgan fingerprint density at radius 2 is 2.07 bits per heavy atom. The first kappa shape index (κ1) is 18.7. The predicted octanol–water partition coefficient (Wildman–Crippen LogP) is 4.05. The Kier molecular flexibility index (Phi) is 5.33. The molecule has 1 atom stereocenters. The Labute approximate surface area is 161 Å². The Hall–Kier alpha value is -3.05. The number of thiazole rings is 1. The van der Waals surface area contributed by atoms with E-state index >= 15 is 0 Å². The van der Waals surface area contributed by atoms with Crippen LogP contribution < -0.4 is 5.48 Å². The molecule has 0 spiro atoms. The van der Waals surface area contributed by atoms with Gasteiger partial charge in [0.25, 0.3) is 5.95 Å². The number of carbonyl (C=O) groups is 1. The number of nitrogens with zero attached hydrogens (tertiary/aromatic N) is 4. The first-order chi connectivity index (χ1) is 12.9. The zero-order chi connectivity index (χ0) is 19.4. The summed E-state index contributed by atoms with van der Waals surface area (Å²) in [4.78, 5) is 29.7. The molecule has 0 aliphatic rings. The molecule has 1 unspecified atom stereocenters. The highest BCUT2D eigenvalue weighted by atomic mass is 32.1. The SMILES string of the molecule is CC(C)(C)CC(=O)ONc1nccc(C(C#N)c2nc3ccccc3s2)n1. The molecule has 2 aromatic heterocycles. The first-order valence-corrected chi connectivity index (χ1v) is 9.21. The predicted molar refractivity (Wildman–Crippen MR) is 103 cm³/mol. The maximum absolute atomic E-state index is 11.8. The summed E-state index contributed by atoms with van der Waals surface area (Å²) in [6.07, 6.45) is 1.77. The minimum Gasteiger partial charge on any atom is -0.341 e. The van der Waals surface area contributed by atoms with Crippen molar-refractivity contribution in [3.63, 3.8) is 0 Å². The Morgan fingerprint density at radius 3 is 2.78 bits per heavy atom. The highest BCUT2D eigenvalue weighted by Gasteiger charge is 2.21. The third kappa shape index (κ3) is 4.77. The van der Waals surface area contributed by atoms with Crippen LogP contribution in [-0.2, 0) is 9.63 Å². The van der Waals surface area contributed by atoms with E-state index in [4.69, 9.17) is 4.84 Å². The van der Waals surface area contributed by atoms with E-state index in [2.05, 4.69) is 26.5 Å². The summed E-state index contributed by atoms with van der Waals surface area (Å²) in [6.45, 7) is 5.84. The third-order valence-electron chi connectivity index (χ3n) is 3.59. The second kappa shape index (κ2) is 7.68. The van der Waals surface area contributed by atoms with Crippen LogP contribution in [0.3, 0.4) is 0 Å². The number of rotatable bonds is 5. The zero-order valence-electron chi connectivity index (χ0n) is 15.3. The van der Waals surface area contributed by atoms with Crippen molar-refractivity contribution < 1.29 is 9.63 Å². The lowest BCUT2D eigenvalue weighted by atomic mass is 9.93. The lowest BCUT2D eigenvalue weighted by molar-refractivity contribution is -0.142. The van der Waals surface area contributed by atoms with Crippen molar-refractivity contribution in [1.82, 2.24) is 15.0 Å². The molecular weight excluding hydrogens is 362 g/mol. The van der Waals surface area contributed by atoms with E-state index in [0.717, 1.165) is 10.2 Å². The van der Waals surface area contributed by atoms with Crippen LogP contribution in [-0.4, -0.2) is 20.9 Å². The number of hydrogen-bond donors (Lipinski definition) is 1. The average molecular weight is 381 g/mol. The van der Waals surface area contributed by atoms with Crippen LogP contribution in [0.15, 0.2) is 36.5 Å². The molecule has 1 N–H and O–H groups in total. The monoisotopic (exact) mass is 381 g/mol. The van der Waals surface area contributed by atoms with E-state index in [-0.39, 0.29) is 17.8 Å². The molecule has 0 aliphatic carbocycles. The van der Waals surface area contributed by atoms with E-state index in [1.165, 1.54) is 17.5 Å². The van der Waals surface area contributed by atoms with Gasteiger partial charge >= 0.3 is 5.97 Å². The number of carbonyl (C=O) groups excluding carboxylic acids is 1. The summed E-state index contributed by atoms with van der Waals surface area (Å²) in [7, 11) is 0. The van der Waals surface area contributed by atoms with Crippen LogP contribution in [0.1, 0.15) is 43.8 Å². The van der Waals surface area contributed by atoms with Crippen molar-refractivity contribution in [3.05, 3.63) is 47.2 Å². The summed E-state index contributed by atoms with van der Waals surface area (Å²) < 4.78 is 1.01. The lowest BCUT2D eigenvalue weighted by Gasteiger charge is -2.16. The number of fused-ring (bicyclic) bond motifs is 1. The van der Waals surface area contributed by atoms with Gasteiger partial charge in [0.15, 0.2) is 0 Å². The molecule has 8 heteroatoms. The number of benzene rings is 1. The van der Waals surface area contributed by atoms with Gasteiger partial charge in [-0.3, -0.25) is 0 Å². The molecule has 0 saturated carbocycles. The van der Waals surface area contributed by atoms with Gasteiger partial charge in [0.05, 0.1) is 28.4 Å². The largest absolute Gasteiger partial charge is 0.341 e. The number of nitrogens with one attached hydrogen (secondary N) is 1. The minimum absolute atomic E-state index is 0.121. The average Bonchev–Trinajstić information content (AvgIpc) is 3.03. The minimum atomic E-state index is -0.628. The second-order valence-electron chi connectivity index (χ2n) is 7.20. The fourth-order valence-corrected chi connectivity index (χ4v) is 3.44. The van der Waals surface area contributed by atoms with E-state index in [0.29, 0.717) is 10.7 Å². The summed E-state index contributed by atoms with van der Waals surface area (Å²) in [6, 6.07) is 11.6. The molecule has 1 aromatic carbocycles. The van der Waals surface area contributed by atoms with Crippen LogP contribution in [0.25, 0.3) is 10.2 Å². The lowest BCUT2D eigenvalue weighted by Crippen LogP contribution is -2.19. The highest BCUT2D eigenvalue weighted by molar-refractivity contribution is 7.18. The van der Waals surface area contributed by atoms with Crippen molar-refractivity contribution in [2.45, 2.75) is 33.1 Å². The fourth-order valence-electron chi connectivity index (χ4n) is 2.42. The Balaban J connectivity index is 1.77. The fraction of sp³-hybridized carbons (Fsp3) is 0.316. The Morgan fingerprint density at radius 1 is 1.30 bits per heavy atom. The Bertz CT molecular complexity index is 970. The maximum atomic E-state index is 11.8. The van der Waals surface area contributed by atoms with E-state index in [1.54, 1.807) is 6.07 Å². The molecule has 3 rings (SSSR count). The van der Waals surface area contributed by atoms with Crippen molar-refractivity contribution in [2.24, 2.45) is 5.41 Å². The van der Waals surface area contributed by atoms with Crippen LogP contribution in [0, 0.1) is 16.7 Å². The topological polar surface area (TPSA) is 101 Å². The number of hydrogen-bond acceptors (Lipinski definition) is 8. The van der Waals surface area contributed by atoms with Crippen LogP contribution in [0.5, 0.6) is 0 Å². The zero-order valence-corrected chi connectivity index (χ0v) is 16.1. The summed E-state index contributed by atoms with van der Waals surface area (Å²) >= 11 is 1.46. The standard InChI is InChI=1S/C19H19N5O2S/c1-19(2,3)10-16(25)26-24-18-21-9-8-13(23-18)12(11-20)17-22-14-6-4-5-7-15(14)27-17/h4-9,12H,10H2,1-3H3,(H,21,23,24).